The van der Waals surface area contributed by atoms with Crippen molar-refractivity contribution in [3.8, 4) is 11.5 Å². The van der Waals surface area contributed by atoms with Crippen molar-refractivity contribution in [1.82, 2.24) is 4.90 Å². The predicted molar refractivity (Wildman–Crippen MR) is 62.9 cm³/mol. The van der Waals surface area contributed by atoms with Gasteiger partial charge in [-0.3, -0.25) is 4.79 Å². The summed E-state index contributed by atoms with van der Waals surface area (Å²) in [6.45, 7) is 1.13. The number of nitrogens with two attached hydrogens (primary N) is 1. The Morgan fingerprint density at radius 2 is 2.18 bits per heavy atom. The van der Waals surface area contributed by atoms with E-state index in [-0.39, 0.29) is 29.0 Å². The number of benzene rings is 1. The van der Waals surface area contributed by atoms with Gasteiger partial charge in [-0.2, -0.15) is 0 Å². The highest BCUT2D eigenvalue weighted by molar-refractivity contribution is 5.97. The number of rotatable bonds is 1. The molecule has 1 fully saturated rings. The van der Waals surface area contributed by atoms with Crippen molar-refractivity contribution < 1.29 is 15.0 Å². The number of hydrogen-bond donors (Lipinski definition) is 3. The number of likely N-dealkylation sites (tertiary alicyclic amines) is 1. The van der Waals surface area contributed by atoms with Crippen molar-refractivity contribution in [3.05, 3.63) is 23.8 Å². The van der Waals surface area contributed by atoms with Gasteiger partial charge in [0.2, 0.25) is 0 Å². The van der Waals surface area contributed by atoms with Crippen LogP contribution >= 0.6 is 0 Å². The quantitative estimate of drug-likeness (QED) is 0.625. The highest BCUT2D eigenvalue weighted by Gasteiger charge is 2.24. The Balaban J connectivity index is 2.21. The van der Waals surface area contributed by atoms with Crippen molar-refractivity contribution in [2.24, 2.45) is 5.73 Å². The van der Waals surface area contributed by atoms with Crippen LogP contribution in [0.2, 0.25) is 0 Å². The van der Waals surface area contributed by atoms with Gasteiger partial charge in [-0.25, -0.2) is 0 Å². The van der Waals surface area contributed by atoms with Crippen LogP contribution in [0.1, 0.15) is 23.2 Å². The first kappa shape index (κ1) is 11.7. The third kappa shape index (κ3) is 2.50. The molecule has 1 heterocycles. The van der Waals surface area contributed by atoms with Crippen molar-refractivity contribution >= 4 is 5.91 Å². The lowest BCUT2D eigenvalue weighted by molar-refractivity contribution is 0.0705. The number of phenols is 2. The second-order valence-corrected chi connectivity index (χ2v) is 4.35. The number of hydrogen-bond acceptors (Lipinski definition) is 4. The van der Waals surface area contributed by atoms with Gasteiger partial charge in [0.15, 0.2) is 0 Å². The molecule has 4 N–H and O–H groups in total. The Kier molecular flexibility index (Phi) is 3.19. The van der Waals surface area contributed by atoms with Gasteiger partial charge < -0.3 is 20.8 Å². The van der Waals surface area contributed by atoms with Crippen LogP contribution in [0.25, 0.3) is 0 Å². The number of amides is 1. The normalized spacial score (nSPS) is 20.3. The van der Waals surface area contributed by atoms with Crippen LogP contribution in [0.3, 0.4) is 0 Å². The predicted octanol–water partition coefficient (Wildman–Crippen LogP) is 0.661. The highest BCUT2D eigenvalue weighted by Crippen LogP contribution is 2.24. The largest absolute Gasteiger partial charge is 0.508 e. The molecule has 0 spiro atoms. The minimum atomic E-state index is -0.284. The summed E-state index contributed by atoms with van der Waals surface area (Å²) >= 11 is 0. The molecule has 0 aromatic heterocycles. The standard InChI is InChI=1S/C12H16N2O3/c13-8-2-1-5-14(7-8)12(17)10-6-9(15)3-4-11(10)16/h3-4,6,8,15-16H,1-2,5,7,13H2/t8-/m1/s1. The fraction of sp³-hybridized carbons (Fsp3) is 0.417. The van der Waals surface area contributed by atoms with E-state index in [9.17, 15) is 15.0 Å². The van der Waals surface area contributed by atoms with E-state index in [1.165, 1.54) is 18.2 Å². The van der Waals surface area contributed by atoms with Crippen LogP contribution in [-0.4, -0.2) is 40.2 Å². The van der Waals surface area contributed by atoms with Gasteiger partial charge in [0.05, 0.1) is 5.56 Å². The van der Waals surface area contributed by atoms with Crippen molar-refractivity contribution in [3.63, 3.8) is 0 Å². The summed E-state index contributed by atoms with van der Waals surface area (Å²) in [7, 11) is 0. The smallest absolute Gasteiger partial charge is 0.257 e. The van der Waals surface area contributed by atoms with Gasteiger partial charge in [-0.1, -0.05) is 0 Å². The van der Waals surface area contributed by atoms with E-state index in [1.54, 1.807) is 4.90 Å². The molecule has 1 aromatic carbocycles. The number of phenolic OH excluding ortho intramolecular Hbond substituents is 2. The van der Waals surface area contributed by atoms with Crippen LogP contribution in [0.15, 0.2) is 18.2 Å². The zero-order chi connectivity index (χ0) is 12.4. The van der Waals surface area contributed by atoms with E-state index in [4.69, 9.17) is 5.73 Å². The molecule has 2 rings (SSSR count). The van der Waals surface area contributed by atoms with Crippen molar-refractivity contribution in [1.29, 1.82) is 0 Å². The molecule has 1 amide bonds. The van der Waals surface area contributed by atoms with Crippen LogP contribution in [0.4, 0.5) is 0 Å². The molecule has 0 saturated carbocycles. The molecule has 5 heteroatoms. The Labute approximate surface area is 99.5 Å². The van der Waals surface area contributed by atoms with E-state index in [1.807, 2.05) is 0 Å². The molecule has 1 saturated heterocycles. The van der Waals surface area contributed by atoms with Gasteiger partial charge in [-0.05, 0) is 31.0 Å². The molecule has 1 atom stereocenters. The first-order valence-electron chi connectivity index (χ1n) is 5.65. The van der Waals surface area contributed by atoms with E-state index >= 15 is 0 Å². The summed E-state index contributed by atoms with van der Waals surface area (Å²) in [6.07, 6.45) is 1.78. The maximum Gasteiger partial charge on any atom is 0.257 e. The molecule has 92 valence electrons. The van der Waals surface area contributed by atoms with Crippen LogP contribution in [-0.2, 0) is 0 Å². The van der Waals surface area contributed by atoms with Gasteiger partial charge in [-0.15, -0.1) is 0 Å². The Bertz CT molecular complexity index is 434. The summed E-state index contributed by atoms with van der Waals surface area (Å²) in [6, 6.07) is 3.92. The second-order valence-electron chi connectivity index (χ2n) is 4.35. The monoisotopic (exact) mass is 236 g/mol. The fourth-order valence-electron chi connectivity index (χ4n) is 2.06. The lowest BCUT2D eigenvalue weighted by Crippen LogP contribution is -2.45. The zero-order valence-corrected chi connectivity index (χ0v) is 9.47. The summed E-state index contributed by atoms with van der Waals surface area (Å²) < 4.78 is 0. The molecular formula is C12H16N2O3. The van der Waals surface area contributed by atoms with Crippen molar-refractivity contribution in [2.75, 3.05) is 13.1 Å². The molecule has 0 radical (unpaired) electrons. The zero-order valence-electron chi connectivity index (χ0n) is 9.47. The van der Waals surface area contributed by atoms with E-state index in [0.29, 0.717) is 13.1 Å². The first-order valence-corrected chi connectivity index (χ1v) is 5.65. The van der Waals surface area contributed by atoms with Crippen molar-refractivity contribution in [2.45, 2.75) is 18.9 Å². The third-order valence-electron chi connectivity index (χ3n) is 2.96. The molecule has 1 aromatic rings. The molecule has 1 aliphatic rings. The van der Waals surface area contributed by atoms with Crippen LogP contribution < -0.4 is 5.73 Å². The Hall–Kier alpha value is -1.75. The SMILES string of the molecule is N[C@@H]1CCCN(C(=O)c2cc(O)ccc2O)C1. The third-order valence-corrected chi connectivity index (χ3v) is 2.96. The lowest BCUT2D eigenvalue weighted by Gasteiger charge is -2.30. The second kappa shape index (κ2) is 4.63. The molecule has 0 aliphatic carbocycles. The topological polar surface area (TPSA) is 86.8 Å². The number of aromatic hydroxyl groups is 2. The maximum absolute atomic E-state index is 12.1. The van der Waals surface area contributed by atoms with E-state index < -0.39 is 0 Å². The highest BCUT2D eigenvalue weighted by atomic mass is 16.3. The molecule has 1 aliphatic heterocycles. The summed E-state index contributed by atoms with van der Waals surface area (Å²) in [5, 5.41) is 18.9. The molecule has 5 nitrogen and oxygen atoms in total. The number of carbonyl (C=O) groups is 1. The fourth-order valence-corrected chi connectivity index (χ4v) is 2.06. The number of piperidine rings is 1. The average molecular weight is 236 g/mol. The van der Waals surface area contributed by atoms with Crippen LogP contribution in [0, 0.1) is 0 Å². The van der Waals surface area contributed by atoms with Gasteiger partial charge >= 0.3 is 0 Å². The number of carbonyl (C=O) groups excluding carboxylic acids is 1. The Morgan fingerprint density at radius 3 is 2.88 bits per heavy atom. The van der Waals surface area contributed by atoms with Gasteiger partial charge in [0.25, 0.3) is 5.91 Å². The average Bonchev–Trinajstić information content (AvgIpc) is 2.31. The lowest BCUT2D eigenvalue weighted by atomic mass is 10.0. The Morgan fingerprint density at radius 1 is 1.41 bits per heavy atom. The minimum absolute atomic E-state index is 0.00727. The first-order chi connectivity index (χ1) is 8.08. The maximum atomic E-state index is 12.1. The summed E-state index contributed by atoms with van der Waals surface area (Å²) in [5.74, 6) is -0.437. The van der Waals surface area contributed by atoms with Gasteiger partial charge in [0.1, 0.15) is 11.5 Å². The molecule has 0 bridgehead atoms. The van der Waals surface area contributed by atoms with Gasteiger partial charge in [0, 0.05) is 19.1 Å². The molecule has 0 unspecified atom stereocenters. The molecule has 17 heavy (non-hydrogen) atoms. The van der Waals surface area contributed by atoms with Crippen LogP contribution in [0.5, 0.6) is 11.5 Å². The molecular weight excluding hydrogens is 220 g/mol. The summed E-state index contributed by atoms with van der Waals surface area (Å²) in [5.41, 5.74) is 5.93. The number of nitrogens with zero attached hydrogens (tertiary/aromatic N) is 1. The van der Waals surface area contributed by atoms with E-state index in [2.05, 4.69) is 0 Å². The minimum Gasteiger partial charge on any atom is -0.508 e. The van der Waals surface area contributed by atoms with E-state index in [0.717, 1.165) is 12.8 Å². The summed E-state index contributed by atoms with van der Waals surface area (Å²) in [4.78, 5) is 13.7.